The number of ether oxygens (including phenoxy) is 1. The van der Waals surface area contributed by atoms with Gasteiger partial charge in [-0.3, -0.25) is 0 Å². The maximum Gasteiger partial charge on any atom is 0.339 e. The molecular formula is C19H28ClN3O2S. The Morgan fingerprint density at radius 1 is 1.35 bits per heavy atom. The van der Waals surface area contributed by atoms with Gasteiger partial charge in [0.05, 0.1) is 17.7 Å². The van der Waals surface area contributed by atoms with Crippen LogP contribution in [0, 0.1) is 11.8 Å². The van der Waals surface area contributed by atoms with Crippen molar-refractivity contribution >= 4 is 40.6 Å². The van der Waals surface area contributed by atoms with Crippen LogP contribution in [-0.4, -0.2) is 49.3 Å². The van der Waals surface area contributed by atoms with Crippen LogP contribution in [0.3, 0.4) is 0 Å². The monoisotopic (exact) mass is 397 g/mol. The number of halogens is 1. The molecule has 0 aliphatic carbocycles. The molecule has 7 heteroatoms. The number of benzene rings is 1. The fourth-order valence-electron chi connectivity index (χ4n) is 3.52. The maximum atomic E-state index is 11.7. The van der Waals surface area contributed by atoms with Gasteiger partial charge in [-0.25, -0.2) is 4.79 Å². The van der Waals surface area contributed by atoms with Crippen LogP contribution in [0.15, 0.2) is 18.2 Å². The average Bonchev–Trinajstić information content (AvgIpc) is 2.59. The summed E-state index contributed by atoms with van der Waals surface area (Å²) in [5, 5.41) is 7.18. The summed E-state index contributed by atoms with van der Waals surface area (Å²) in [5.74, 6) is 1.09. The van der Waals surface area contributed by atoms with Crippen LogP contribution in [0.2, 0.25) is 5.02 Å². The van der Waals surface area contributed by atoms with Crippen LogP contribution in [-0.2, 0) is 4.74 Å². The van der Waals surface area contributed by atoms with Crippen molar-refractivity contribution in [1.82, 2.24) is 10.2 Å². The molecule has 1 aliphatic rings. The molecule has 1 aromatic carbocycles. The Bertz CT molecular complexity index is 631. The Hall–Kier alpha value is -1.37. The number of hydrogen-bond acceptors (Lipinski definition) is 4. The second-order valence-electron chi connectivity index (χ2n) is 7.13. The molecule has 5 nitrogen and oxygen atoms in total. The number of hydrogen-bond donors (Lipinski definition) is 2. The highest BCUT2D eigenvalue weighted by Gasteiger charge is 2.21. The number of anilines is 1. The predicted molar refractivity (Wildman–Crippen MR) is 111 cm³/mol. The number of piperidine rings is 1. The van der Waals surface area contributed by atoms with Gasteiger partial charge in [-0.1, -0.05) is 25.4 Å². The molecule has 0 aromatic heterocycles. The Labute approximate surface area is 166 Å². The fraction of sp³-hybridized carbons (Fsp3) is 0.579. The standard InChI is InChI=1S/C19H28ClN3O2S/c1-13-9-14(2)12-23(11-13)8-4-7-21-19(26)22-15-5-6-17(20)16(10-15)18(24)25-3/h5-6,10,13-14H,4,7-9,11-12H2,1-3H3,(H2,21,22,26). The number of nitrogens with zero attached hydrogens (tertiary/aromatic N) is 1. The second kappa shape index (κ2) is 10.1. The second-order valence-corrected chi connectivity index (χ2v) is 7.94. The molecule has 0 radical (unpaired) electrons. The lowest BCUT2D eigenvalue weighted by Crippen LogP contribution is -2.40. The van der Waals surface area contributed by atoms with Crippen molar-refractivity contribution in [3.05, 3.63) is 28.8 Å². The Morgan fingerprint density at radius 3 is 2.69 bits per heavy atom. The third-order valence-corrected chi connectivity index (χ3v) is 5.09. The van der Waals surface area contributed by atoms with Gasteiger partial charge in [-0.2, -0.15) is 0 Å². The minimum absolute atomic E-state index is 0.315. The number of likely N-dealkylation sites (tertiary alicyclic amines) is 1. The van der Waals surface area contributed by atoms with E-state index in [2.05, 4.69) is 29.4 Å². The summed E-state index contributed by atoms with van der Waals surface area (Å²) in [6.07, 6.45) is 2.37. The normalized spacial score (nSPS) is 20.5. The molecule has 26 heavy (non-hydrogen) atoms. The first-order chi connectivity index (χ1) is 12.4. The van der Waals surface area contributed by atoms with Crippen molar-refractivity contribution < 1.29 is 9.53 Å². The number of thiocarbonyl (C=S) groups is 1. The molecule has 1 saturated heterocycles. The van der Waals surface area contributed by atoms with Gasteiger partial charge in [0.2, 0.25) is 0 Å². The third kappa shape index (κ3) is 6.41. The van der Waals surface area contributed by atoms with E-state index in [-0.39, 0.29) is 0 Å². The van der Waals surface area contributed by atoms with E-state index in [1.807, 2.05) is 0 Å². The van der Waals surface area contributed by atoms with Gasteiger partial charge in [-0.05, 0) is 61.6 Å². The van der Waals surface area contributed by atoms with E-state index in [1.165, 1.54) is 26.6 Å². The fourth-order valence-corrected chi connectivity index (χ4v) is 3.94. The molecule has 144 valence electrons. The number of esters is 1. The van der Waals surface area contributed by atoms with Crippen LogP contribution in [0.4, 0.5) is 5.69 Å². The lowest BCUT2D eigenvalue weighted by atomic mass is 9.92. The number of nitrogens with one attached hydrogen (secondary N) is 2. The van der Waals surface area contributed by atoms with Crippen LogP contribution in [0.5, 0.6) is 0 Å². The van der Waals surface area contributed by atoms with Gasteiger partial charge in [0, 0.05) is 25.3 Å². The Kier molecular flexibility index (Phi) is 8.13. The number of rotatable bonds is 6. The highest BCUT2D eigenvalue weighted by Crippen LogP contribution is 2.22. The summed E-state index contributed by atoms with van der Waals surface area (Å²) < 4.78 is 4.72. The van der Waals surface area contributed by atoms with E-state index in [0.29, 0.717) is 21.4 Å². The number of methoxy groups -OCH3 is 1. The molecular weight excluding hydrogens is 370 g/mol. The van der Waals surface area contributed by atoms with Crippen LogP contribution in [0.25, 0.3) is 0 Å². The Morgan fingerprint density at radius 2 is 2.04 bits per heavy atom. The molecule has 2 N–H and O–H groups in total. The highest BCUT2D eigenvalue weighted by atomic mass is 35.5. The Balaban J connectivity index is 1.74. The molecule has 0 spiro atoms. The molecule has 0 bridgehead atoms. The zero-order valence-corrected chi connectivity index (χ0v) is 17.3. The van der Waals surface area contributed by atoms with E-state index >= 15 is 0 Å². The summed E-state index contributed by atoms with van der Waals surface area (Å²) in [5.41, 5.74) is 1.02. The van der Waals surface area contributed by atoms with E-state index in [1.54, 1.807) is 18.2 Å². The lowest BCUT2D eigenvalue weighted by Gasteiger charge is -2.35. The minimum Gasteiger partial charge on any atom is -0.465 e. The molecule has 2 rings (SSSR count). The van der Waals surface area contributed by atoms with Gasteiger partial charge in [-0.15, -0.1) is 0 Å². The quantitative estimate of drug-likeness (QED) is 0.433. The van der Waals surface area contributed by atoms with Crippen LogP contribution < -0.4 is 10.6 Å². The van der Waals surface area contributed by atoms with E-state index in [0.717, 1.165) is 31.3 Å². The molecule has 1 aliphatic heterocycles. The van der Waals surface area contributed by atoms with Gasteiger partial charge in [0.25, 0.3) is 0 Å². The van der Waals surface area contributed by atoms with Crippen LogP contribution >= 0.6 is 23.8 Å². The highest BCUT2D eigenvalue weighted by molar-refractivity contribution is 7.80. The van der Waals surface area contributed by atoms with Gasteiger partial charge < -0.3 is 20.3 Å². The zero-order chi connectivity index (χ0) is 19.1. The summed E-state index contributed by atoms with van der Waals surface area (Å²) in [7, 11) is 1.33. The summed E-state index contributed by atoms with van der Waals surface area (Å²) in [6, 6.07) is 5.06. The maximum absolute atomic E-state index is 11.7. The van der Waals surface area contributed by atoms with E-state index in [4.69, 9.17) is 28.6 Å². The van der Waals surface area contributed by atoms with Crippen molar-refractivity contribution in [2.24, 2.45) is 11.8 Å². The number of carbonyl (C=O) groups excluding carboxylic acids is 1. The van der Waals surface area contributed by atoms with Crippen molar-refractivity contribution in [2.45, 2.75) is 26.7 Å². The third-order valence-electron chi connectivity index (χ3n) is 4.51. The SMILES string of the molecule is COC(=O)c1cc(NC(=S)NCCCN2CC(C)CC(C)C2)ccc1Cl. The smallest absolute Gasteiger partial charge is 0.339 e. The summed E-state index contributed by atoms with van der Waals surface area (Å²) in [4.78, 5) is 14.2. The van der Waals surface area contributed by atoms with Gasteiger partial charge >= 0.3 is 5.97 Å². The predicted octanol–water partition coefficient (Wildman–Crippen LogP) is 3.78. The molecule has 0 saturated carbocycles. The molecule has 2 atom stereocenters. The summed E-state index contributed by atoms with van der Waals surface area (Å²) in [6.45, 7) is 8.92. The lowest BCUT2D eigenvalue weighted by molar-refractivity contribution is 0.0601. The van der Waals surface area contributed by atoms with Crippen LogP contribution in [0.1, 0.15) is 37.0 Å². The first-order valence-corrected chi connectivity index (χ1v) is 9.82. The molecule has 1 aromatic rings. The van der Waals surface area contributed by atoms with E-state index in [9.17, 15) is 4.79 Å². The zero-order valence-electron chi connectivity index (χ0n) is 15.7. The molecule has 0 amide bonds. The van der Waals surface area contributed by atoms with Crippen molar-refractivity contribution in [2.75, 3.05) is 38.6 Å². The molecule has 1 heterocycles. The van der Waals surface area contributed by atoms with Gasteiger partial charge in [0.1, 0.15) is 0 Å². The van der Waals surface area contributed by atoms with Crippen molar-refractivity contribution in [3.8, 4) is 0 Å². The first-order valence-electron chi connectivity index (χ1n) is 9.04. The largest absolute Gasteiger partial charge is 0.465 e. The summed E-state index contributed by atoms with van der Waals surface area (Å²) >= 11 is 11.3. The molecule has 2 unspecified atom stereocenters. The molecule has 1 fully saturated rings. The minimum atomic E-state index is -0.470. The van der Waals surface area contributed by atoms with Gasteiger partial charge in [0.15, 0.2) is 5.11 Å². The topological polar surface area (TPSA) is 53.6 Å². The average molecular weight is 398 g/mol. The first kappa shape index (κ1) is 20.9. The van der Waals surface area contributed by atoms with Crippen molar-refractivity contribution in [1.29, 1.82) is 0 Å². The van der Waals surface area contributed by atoms with E-state index < -0.39 is 5.97 Å². The number of carbonyl (C=O) groups is 1. The van der Waals surface area contributed by atoms with Crippen molar-refractivity contribution in [3.63, 3.8) is 0 Å².